The quantitative estimate of drug-likeness (QED) is 0.718. The molecule has 0 N–H and O–H groups in total. The number of para-hydroxylation sites is 1. The van der Waals surface area contributed by atoms with Gasteiger partial charge in [0.25, 0.3) is 0 Å². The molecule has 16 heavy (non-hydrogen) atoms. The highest BCUT2D eigenvalue weighted by Crippen LogP contribution is 2.24. The smallest absolute Gasteiger partial charge is 0.0398 e. The van der Waals surface area contributed by atoms with Gasteiger partial charge in [0, 0.05) is 18.8 Å². The summed E-state index contributed by atoms with van der Waals surface area (Å²) in [5, 5.41) is 0. The Balaban J connectivity index is 0.000000606. The molecule has 0 atom stereocenters. The van der Waals surface area contributed by atoms with Crippen LogP contribution < -0.4 is 4.90 Å². The lowest BCUT2D eigenvalue weighted by Gasteiger charge is -2.30. The second-order valence-corrected chi connectivity index (χ2v) is 4.03. The summed E-state index contributed by atoms with van der Waals surface area (Å²) < 4.78 is 0. The number of rotatable bonds is 2. The van der Waals surface area contributed by atoms with E-state index in [0.29, 0.717) is 0 Å². The fourth-order valence-electron chi connectivity index (χ4n) is 2.25. The molecular weight excluding hydrogens is 194 g/mol. The molecule has 0 saturated carbocycles. The van der Waals surface area contributed by atoms with Gasteiger partial charge in [-0.15, -0.1) is 0 Å². The summed E-state index contributed by atoms with van der Waals surface area (Å²) >= 11 is 0. The van der Waals surface area contributed by atoms with Crippen molar-refractivity contribution in [2.24, 2.45) is 0 Å². The van der Waals surface area contributed by atoms with Gasteiger partial charge in [-0.25, -0.2) is 0 Å². The molecule has 0 bridgehead atoms. The minimum atomic E-state index is 1.15. The molecule has 1 nitrogen and oxygen atoms in total. The fourth-order valence-corrected chi connectivity index (χ4v) is 2.25. The van der Waals surface area contributed by atoms with E-state index < -0.39 is 0 Å². The van der Waals surface area contributed by atoms with Crippen molar-refractivity contribution in [2.75, 3.05) is 18.0 Å². The number of benzene rings is 1. The van der Waals surface area contributed by atoms with E-state index in [1.807, 2.05) is 13.8 Å². The Hall–Kier alpha value is -0.980. The summed E-state index contributed by atoms with van der Waals surface area (Å²) in [7, 11) is 0. The lowest BCUT2D eigenvalue weighted by atomic mass is 10.1. The van der Waals surface area contributed by atoms with Crippen molar-refractivity contribution >= 4 is 5.69 Å². The zero-order valence-electron chi connectivity index (χ0n) is 11.0. The van der Waals surface area contributed by atoms with E-state index in [4.69, 9.17) is 0 Å². The molecular formula is C15H25N. The third-order valence-corrected chi connectivity index (χ3v) is 3.07. The van der Waals surface area contributed by atoms with E-state index in [0.717, 1.165) is 6.42 Å². The highest BCUT2D eigenvalue weighted by molar-refractivity contribution is 5.53. The largest absolute Gasteiger partial charge is 0.371 e. The molecule has 2 rings (SSSR count). The van der Waals surface area contributed by atoms with Gasteiger partial charge in [-0.3, -0.25) is 0 Å². The van der Waals surface area contributed by atoms with Crippen LogP contribution in [0.25, 0.3) is 0 Å². The van der Waals surface area contributed by atoms with Gasteiger partial charge in [0.1, 0.15) is 0 Å². The number of aryl methyl sites for hydroxylation is 1. The first-order valence-corrected chi connectivity index (χ1v) is 6.74. The second kappa shape index (κ2) is 7.32. The van der Waals surface area contributed by atoms with Crippen molar-refractivity contribution in [3.05, 3.63) is 29.8 Å². The molecule has 1 heterocycles. The Morgan fingerprint density at radius 2 is 1.62 bits per heavy atom. The van der Waals surface area contributed by atoms with Crippen molar-refractivity contribution in [1.29, 1.82) is 0 Å². The van der Waals surface area contributed by atoms with Crippen molar-refractivity contribution in [3.63, 3.8) is 0 Å². The van der Waals surface area contributed by atoms with Crippen LogP contribution in [-0.4, -0.2) is 13.1 Å². The first kappa shape index (κ1) is 13.1. The summed E-state index contributed by atoms with van der Waals surface area (Å²) in [5.41, 5.74) is 2.96. The first-order chi connectivity index (χ1) is 7.92. The number of nitrogens with zero attached hydrogens (tertiary/aromatic N) is 1. The topological polar surface area (TPSA) is 3.24 Å². The average Bonchev–Trinajstić information content (AvgIpc) is 2.42. The van der Waals surface area contributed by atoms with Crippen LogP contribution in [0.5, 0.6) is 0 Å². The molecule has 0 radical (unpaired) electrons. The minimum Gasteiger partial charge on any atom is -0.371 e. The molecule has 1 aromatic rings. The van der Waals surface area contributed by atoms with Gasteiger partial charge in [0.2, 0.25) is 0 Å². The van der Waals surface area contributed by atoms with Crippen LogP contribution in [0.4, 0.5) is 5.69 Å². The van der Waals surface area contributed by atoms with Crippen molar-refractivity contribution < 1.29 is 0 Å². The molecule has 0 aromatic heterocycles. The summed E-state index contributed by atoms with van der Waals surface area (Å²) in [4.78, 5) is 2.54. The summed E-state index contributed by atoms with van der Waals surface area (Å²) in [6, 6.07) is 8.82. The number of hydrogen-bond acceptors (Lipinski definition) is 1. The molecule has 0 spiro atoms. The van der Waals surface area contributed by atoms with Gasteiger partial charge in [-0.2, -0.15) is 0 Å². The van der Waals surface area contributed by atoms with E-state index in [1.54, 1.807) is 0 Å². The summed E-state index contributed by atoms with van der Waals surface area (Å²) in [6.07, 6.45) is 5.27. The van der Waals surface area contributed by atoms with E-state index >= 15 is 0 Å². The van der Waals surface area contributed by atoms with Crippen LogP contribution in [0.2, 0.25) is 0 Å². The van der Waals surface area contributed by atoms with Crippen LogP contribution in [0.15, 0.2) is 24.3 Å². The zero-order valence-corrected chi connectivity index (χ0v) is 11.0. The maximum Gasteiger partial charge on any atom is 0.0398 e. The van der Waals surface area contributed by atoms with Crippen LogP contribution in [0, 0.1) is 0 Å². The summed E-state index contributed by atoms with van der Waals surface area (Å²) in [5.74, 6) is 0. The highest BCUT2D eigenvalue weighted by atomic mass is 15.1. The standard InChI is InChI=1S/C13H19N.C2H6/c1-2-12-8-4-5-9-13(12)14-10-6-3-7-11-14;1-2/h4-5,8-9H,2-3,6-7,10-11H2,1H3;1-2H3. The van der Waals surface area contributed by atoms with Crippen molar-refractivity contribution in [2.45, 2.75) is 46.5 Å². The Morgan fingerprint density at radius 1 is 1.00 bits per heavy atom. The molecule has 90 valence electrons. The van der Waals surface area contributed by atoms with Gasteiger partial charge in [0.15, 0.2) is 0 Å². The second-order valence-electron chi connectivity index (χ2n) is 4.03. The van der Waals surface area contributed by atoms with E-state index in [-0.39, 0.29) is 0 Å². The van der Waals surface area contributed by atoms with Gasteiger partial charge in [-0.1, -0.05) is 39.0 Å². The molecule has 0 aliphatic carbocycles. The van der Waals surface area contributed by atoms with Crippen molar-refractivity contribution in [1.82, 2.24) is 0 Å². The molecule has 1 aliphatic rings. The van der Waals surface area contributed by atoms with Gasteiger partial charge >= 0.3 is 0 Å². The van der Waals surface area contributed by atoms with Crippen LogP contribution in [0.3, 0.4) is 0 Å². The monoisotopic (exact) mass is 219 g/mol. The minimum absolute atomic E-state index is 1.15. The van der Waals surface area contributed by atoms with Gasteiger partial charge in [-0.05, 0) is 37.3 Å². The predicted molar refractivity (Wildman–Crippen MR) is 73.2 cm³/mol. The Kier molecular flexibility index (Phi) is 5.99. The Morgan fingerprint density at radius 3 is 2.25 bits per heavy atom. The number of anilines is 1. The molecule has 1 aliphatic heterocycles. The predicted octanol–water partition coefficient (Wildman–Crippen LogP) is 4.27. The SMILES string of the molecule is CC.CCc1ccccc1N1CCCCC1. The molecule has 0 amide bonds. The summed E-state index contributed by atoms with van der Waals surface area (Å²) in [6.45, 7) is 8.73. The van der Waals surface area contributed by atoms with Gasteiger partial charge in [0.05, 0.1) is 0 Å². The zero-order chi connectivity index (χ0) is 11.8. The third-order valence-electron chi connectivity index (χ3n) is 3.07. The maximum atomic E-state index is 2.54. The van der Waals surface area contributed by atoms with Crippen LogP contribution in [0.1, 0.15) is 45.6 Å². The molecule has 0 unspecified atom stereocenters. The van der Waals surface area contributed by atoms with E-state index in [9.17, 15) is 0 Å². The lowest BCUT2D eigenvalue weighted by molar-refractivity contribution is 0.576. The Bertz CT molecular complexity index is 287. The fraction of sp³-hybridized carbons (Fsp3) is 0.600. The third kappa shape index (κ3) is 3.26. The molecule has 1 saturated heterocycles. The van der Waals surface area contributed by atoms with Crippen LogP contribution in [-0.2, 0) is 6.42 Å². The van der Waals surface area contributed by atoms with E-state index in [1.165, 1.54) is 43.6 Å². The highest BCUT2D eigenvalue weighted by Gasteiger charge is 2.12. The van der Waals surface area contributed by atoms with Crippen LogP contribution >= 0.6 is 0 Å². The first-order valence-electron chi connectivity index (χ1n) is 6.74. The average molecular weight is 219 g/mol. The normalized spacial score (nSPS) is 15.3. The van der Waals surface area contributed by atoms with E-state index in [2.05, 4.69) is 36.1 Å². The van der Waals surface area contributed by atoms with Gasteiger partial charge < -0.3 is 4.90 Å². The Labute approximate surface area is 100 Å². The van der Waals surface area contributed by atoms with Crippen molar-refractivity contribution in [3.8, 4) is 0 Å². The molecule has 1 fully saturated rings. The number of hydrogen-bond donors (Lipinski definition) is 0. The lowest BCUT2D eigenvalue weighted by Crippen LogP contribution is -2.30. The molecule has 1 aromatic carbocycles. The maximum absolute atomic E-state index is 2.54. The number of piperidine rings is 1. The molecule has 1 heteroatoms.